The van der Waals surface area contributed by atoms with Gasteiger partial charge in [-0.05, 0) is 17.7 Å². The molecule has 0 atom stereocenters. The summed E-state index contributed by atoms with van der Waals surface area (Å²) < 4.78 is 2.73. The highest BCUT2D eigenvalue weighted by atomic mass is 32.2. The number of amides is 1. The summed E-state index contributed by atoms with van der Waals surface area (Å²) in [6, 6.07) is 17.2. The summed E-state index contributed by atoms with van der Waals surface area (Å²) in [6.45, 7) is 0. The van der Waals surface area contributed by atoms with E-state index in [1.165, 1.54) is 34.4 Å². The highest BCUT2D eigenvalue weighted by Gasteiger charge is 2.16. The third-order valence-corrected chi connectivity index (χ3v) is 7.00. The fourth-order valence-corrected chi connectivity index (χ4v) is 5.50. The van der Waals surface area contributed by atoms with Crippen LogP contribution in [-0.4, -0.2) is 31.2 Å². The van der Waals surface area contributed by atoms with Gasteiger partial charge in [0, 0.05) is 10.1 Å². The van der Waals surface area contributed by atoms with Crippen molar-refractivity contribution in [1.29, 1.82) is 0 Å². The standard InChI is InChI=1S/C20H13N5O2S3/c26-16(21-18-22-17(27)13-8-4-5-9-15(13)30-18)11-29-20-24-23-19-25(20)14(10-28-19)12-6-2-1-3-7-12/h1-10H,11H2,(H,21,22,26,27). The Kier molecular flexibility index (Phi) is 5.03. The van der Waals surface area contributed by atoms with Crippen molar-refractivity contribution < 1.29 is 4.79 Å². The molecule has 5 rings (SSSR count). The van der Waals surface area contributed by atoms with Crippen LogP contribution in [-0.2, 0) is 4.79 Å². The second kappa shape index (κ2) is 7.98. The van der Waals surface area contributed by atoms with Crippen molar-refractivity contribution in [3.05, 3.63) is 70.3 Å². The van der Waals surface area contributed by atoms with Crippen LogP contribution in [0.4, 0.5) is 5.13 Å². The fraction of sp³-hybridized carbons (Fsp3) is 0.0500. The molecule has 3 aromatic heterocycles. The average molecular weight is 452 g/mol. The molecule has 0 aliphatic heterocycles. The van der Waals surface area contributed by atoms with Crippen molar-refractivity contribution in [1.82, 2.24) is 19.6 Å². The summed E-state index contributed by atoms with van der Waals surface area (Å²) >= 11 is 4.06. The molecule has 0 bridgehead atoms. The normalized spacial score (nSPS) is 11.2. The number of benzene rings is 2. The van der Waals surface area contributed by atoms with Crippen molar-refractivity contribution in [2.24, 2.45) is 0 Å². The Morgan fingerprint density at radius 1 is 1.07 bits per heavy atom. The van der Waals surface area contributed by atoms with E-state index >= 15 is 0 Å². The van der Waals surface area contributed by atoms with Gasteiger partial charge in [0.15, 0.2) is 10.3 Å². The van der Waals surface area contributed by atoms with Crippen LogP contribution in [0, 0.1) is 0 Å². The van der Waals surface area contributed by atoms with Crippen molar-refractivity contribution in [2.75, 3.05) is 11.1 Å². The van der Waals surface area contributed by atoms with E-state index in [0.29, 0.717) is 10.5 Å². The van der Waals surface area contributed by atoms with Gasteiger partial charge in [0.2, 0.25) is 10.9 Å². The monoisotopic (exact) mass is 451 g/mol. The Labute approximate surface area is 182 Å². The minimum atomic E-state index is -0.350. The summed E-state index contributed by atoms with van der Waals surface area (Å²) in [7, 11) is 0. The van der Waals surface area contributed by atoms with Crippen LogP contribution in [0.3, 0.4) is 0 Å². The Bertz CT molecular complexity index is 1420. The van der Waals surface area contributed by atoms with Crippen molar-refractivity contribution in [3.63, 3.8) is 0 Å². The van der Waals surface area contributed by atoms with Gasteiger partial charge in [0.25, 0.3) is 5.56 Å². The van der Waals surface area contributed by atoms with Gasteiger partial charge < -0.3 is 5.32 Å². The first-order valence-electron chi connectivity index (χ1n) is 8.89. The molecule has 0 saturated carbocycles. The summed E-state index contributed by atoms with van der Waals surface area (Å²) in [6.07, 6.45) is 0. The van der Waals surface area contributed by atoms with E-state index in [9.17, 15) is 9.59 Å². The number of thioether (sulfide) groups is 1. The predicted octanol–water partition coefficient (Wildman–Crippen LogP) is 4.16. The van der Waals surface area contributed by atoms with E-state index < -0.39 is 0 Å². The maximum absolute atomic E-state index is 12.5. The fourth-order valence-electron chi connectivity index (χ4n) is 2.95. The molecule has 0 aliphatic rings. The van der Waals surface area contributed by atoms with Gasteiger partial charge >= 0.3 is 0 Å². The van der Waals surface area contributed by atoms with Crippen molar-refractivity contribution >= 4 is 60.5 Å². The maximum Gasteiger partial charge on any atom is 0.281 e. The Morgan fingerprint density at radius 3 is 2.73 bits per heavy atom. The Morgan fingerprint density at radius 2 is 1.87 bits per heavy atom. The Hall–Kier alpha value is -3.08. The van der Waals surface area contributed by atoms with E-state index in [-0.39, 0.29) is 22.4 Å². The number of thiazole rings is 1. The van der Waals surface area contributed by atoms with Crippen LogP contribution in [0.15, 0.2) is 69.9 Å². The molecule has 1 N–H and O–H groups in total. The zero-order valence-electron chi connectivity index (χ0n) is 15.3. The zero-order chi connectivity index (χ0) is 20.5. The van der Waals surface area contributed by atoms with E-state index in [2.05, 4.69) is 20.5 Å². The van der Waals surface area contributed by atoms with Crippen LogP contribution >= 0.6 is 34.4 Å². The highest BCUT2D eigenvalue weighted by molar-refractivity contribution is 7.99. The number of fused-ring (bicyclic) bond motifs is 2. The maximum atomic E-state index is 12.5. The van der Waals surface area contributed by atoms with Gasteiger partial charge in [-0.2, -0.15) is 4.98 Å². The summed E-state index contributed by atoms with van der Waals surface area (Å²) in [5.41, 5.74) is 1.69. The smallest absolute Gasteiger partial charge is 0.281 e. The minimum absolute atomic E-state index is 0.125. The minimum Gasteiger partial charge on any atom is -0.301 e. The van der Waals surface area contributed by atoms with E-state index in [1.54, 1.807) is 12.1 Å². The quantitative estimate of drug-likeness (QED) is 0.404. The largest absolute Gasteiger partial charge is 0.301 e. The topological polar surface area (TPSA) is 89.2 Å². The lowest BCUT2D eigenvalue weighted by atomic mass is 10.2. The Balaban J connectivity index is 1.34. The van der Waals surface area contributed by atoms with Crippen LogP contribution in [0.25, 0.3) is 26.3 Å². The molecular weight excluding hydrogens is 438 g/mol. The molecule has 0 aliphatic carbocycles. The van der Waals surface area contributed by atoms with Gasteiger partial charge in [-0.3, -0.25) is 14.0 Å². The van der Waals surface area contributed by atoms with Gasteiger partial charge in [-0.25, -0.2) is 0 Å². The number of carbonyl (C=O) groups excluding carboxylic acids is 1. The molecule has 148 valence electrons. The number of rotatable bonds is 5. The van der Waals surface area contributed by atoms with Crippen LogP contribution in [0.5, 0.6) is 0 Å². The molecule has 10 heteroatoms. The third kappa shape index (κ3) is 3.60. The molecule has 1 amide bonds. The van der Waals surface area contributed by atoms with Gasteiger partial charge in [-0.1, -0.05) is 65.6 Å². The summed E-state index contributed by atoms with van der Waals surface area (Å²) in [5.74, 6) is -0.132. The lowest BCUT2D eigenvalue weighted by Gasteiger charge is -2.05. The van der Waals surface area contributed by atoms with Crippen LogP contribution < -0.4 is 10.9 Å². The van der Waals surface area contributed by atoms with E-state index in [0.717, 1.165) is 20.9 Å². The van der Waals surface area contributed by atoms with Crippen LogP contribution in [0.2, 0.25) is 0 Å². The molecule has 0 fully saturated rings. The van der Waals surface area contributed by atoms with E-state index in [1.807, 2.05) is 52.2 Å². The van der Waals surface area contributed by atoms with Gasteiger partial charge in [-0.15, -0.1) is 21.5 Å². The molecule has 5 aromatic rings. The zero-order valence-corrected chi connectivity index (χ0v) is 17.8. The second-order valence-corrected chi connectivity index (χ2v) is 9.05. The number of hydrogen-bond acceptors (Lipinski definition) is 8. The highest BCUT2D eigenvalue weighted by Crippen LogP contribution is 2.30. The van der Waals surface area contributed by atoms with Gasteiger partial charge in [0.1, 0.15) is 0 Å². The first-order chi connectivity index (χ1) is 14.7. The van der Waals surface area contributed by atoms with E-state index in [4.69, 9.17) is 0 Å². The van der Waals surface area contributed by atoms with Crippen molar-refractivity contribution in [3.8, 4) is 11.3 Å². The first-order valence-corrected chi connectivity index (χ1v) is 11.6. The number of nitrogens with one attached hydrogen (secondary N) is 1. The first kappa shape index (κ1) is 18.9. The lowest BCUT2D eigenvalue weighted by molar-refractivity contribution is -0.113. The molecule has 3 heterocycles. The molecular formula is C20H13N5O2S3. The lowest BCUT2D eigenvalue weighted by Crippen LogP contribution is -2.17. The molecule has 7 nitrogen and oxygen atoms in total. The second-order valence-electron chi connectivity index (χ2n) is 6.24. The number of aromatic nitrogens is 4. The molecule has 0 unspecified atom stereocenters. The number of carbonyl (C=O) groups is 1. The molecule has 0 radical (unpaired) electrons. The summed E-state index contributed by atoms with van der Waals surface area (Å²) in [4.78, 5) is 29.3. The molecule has 2 aromatic carbocycles. The summed E-state index contributed by atoms with van der Waals surface area (Å²) in [5, 5.41) is 14.6. The average Bonchev–Trinajstić information content (AvgIpc) is 3.35. The van der Waals surface area contributed by atoms with Gasteiger partial charge in [0.05, 0.1) is 16.8 Å². The predicted molar refractivity (Wildman–Crippen MR) is 122 cm³/mol. The third-order valence-electron chi connectivity index (χ3n) is 4.30. The molecule has 30 heavy (non-hydrogen) atoms. The number of hydrogen-bond donors (Lipinski definition) is 1. The number of anilines is 1. The SMILES string of the molecule is O=C(CSc1nnc2scc(-c3ccccc3)n12)Nc1nc(=O)c2ccccc2s1. The molecule has 0 spiro atoms. The van der Waals surface area contributed by atoms with Crippen LogP contribution in [0.1, 0.15) is 0 Å². The number of nitrogens with zero attached hydrogens (tertiary/aromatic N) is 4. The molecule has 0 saturated heterocycles. The van der Waals surface area contributed by atoms with Crippen molar-refractivity contribution in [2.45, 2.75) is 5.16 Å².